The molecule has 0 aliphatic rings. The number of carbonyl (C=O) groups is 8. The second kappa shape index (κ2) is 21.4. The highest BCUT2D eigenvalue weighted by atomic mass is 16.5. The molecule has 0 spiro atoms. The van der Waals surface area contributed by atoms with Gasteiger partial charge in [-0.25, -0.2) is 14.6 Å². The van der Waals surface area contributed by atoms with Gasteiger partial charge >= 0.3 is 24.0 Å². The monoisotopic (exact) mass is 693 g/mol. The number of hydrogen-bond acceptors (Lipinski definition) is 11. The van der Waals surface area contributed by atoms with Crippen LogP contribution in [0.2, 0.25) is 0 Å². The fourth-order valence-corrected chi connectivity index (χ4v) is 4.01. The molecular formula is C31H43N5O13. The van der Waals surface area contributed by atoms with E-state index in [0.717, 1.165) is 6.92 Å². The van der Waals surface area contributed by atoms with Crippen LogP contribution in [0.4, 0.5) is 4.79 Å². The summed E-state index contributed by atoms with van der Waals surface area (Å²) in [7, 11) is 0. The summed E-state index contributed by atoms with van der Waals surface area (Å²) in [6.07, 6.45) is -2.26. The van der Waals surface area contributed by atoms with Crippen molar-refractivity contribution in [2.75, 3.05) is 13.2 Å². The lowest BCUT2D eigenvalue weighted by Gasteiger charge is -2.28. The highest BCUT2D eigenvalue weighted by molar-refractivity contribution is 5.98. The van der Waals surface area contributed by atoms with Crippen molar-refractivity contribution in [3.8, 4) is 0 Å². The average molecular weight is 694 g/mol. The molecule has 18 heteroatoms. The predicted molar refractivity (Wildman–Crippen MR) is 169 cm³/mol. The SMILES string of the molecule is CCOC(=O)/C=C/C(=O)N(CC(=O)O)NC(=O)[C@@H](NC(=O)[C@H](CCC(=O)O)NC(=O)[C@H](CC(C)C)NC(=O)OCc1ccccc1)[C@@H](C)O. The summed E-state index contributed by atoms with van der Waals surface area (Å²) < 4.78 is 9.82. The fraction of sp³-hybridized carbons (Fsp3) is 0.484. The minimum atomic E-state index is -1.85. The van der Waals surface area contributed by atoms with Crippen LogP contribution in [-0.2, 0) is 49.6 Å². The van der Waals surface area contributed by atoms with Crippen molar-refractivity contribution < 1.29 is 63.1 Å². The van der Waals surface area contributed by atoms with Gasteiger partial charge in [-0.05, 0) is 38.2 Å². The van der Waals surface area contributed by atoms with E-state index >= 15 is 0 Å². The van der Waals surface area contributed by atoms with Crippen molar-refractivity contribution in [3.63, 3.8) is 0 Å². The van der Waals surface area contributed by atoms with E-state index in [4.69, 9.17) is 4.74 Å². The molecule has 0 unspecified atom stereocenters. The Hall–Kier alpha value is -5.52. The number of ether oxygens (including phenoxy) is 2. The molecule has 0 fully saturated rings. The standard InChI is InChI=1S/C31H43N5O13/c1-5-48-26(43)14-12-23(38)36(16-25(41)42)35-30(46)27(19(4)37)34-28(44)21(11-13-24(39)40)32-29(45)22(15-18(2)3)33-31(47)49-17-20-9-7-6-8-10-20/h6-10,12,14,18-19,21-22,27,37H,5,11,13,15-17H2,1-4H3,(H,32,45)(H,33,47)(H,34,44)(H,35,46)(H,39,40)(H,41,42)/b14-12+/t19-,21+,22+,27+/m1/s1. The highest BCUT2D eigenvalue weighted by Gasteiger charge is 2.33. The van der Waals surface area contributed by atoms with Crippen LogP contribution in [0.3, 0.4) is 0 Å². The van der Waals surface area contributed by atoms with Crippen LogP contribution in [-0.4, -0.2) is 105 Å². The van der Waals surface area contributed by atoms with E-state index in [1.807, 2.05) is 5.43 Å². The molecule has 0 heterocycles. The molecule has 1 rings (SSSR count). The lowest BCUT2D eigenvalue weighted by Crippen LogP contribution is -2.61. The number of aliphatic hydroxyl groups excluding tert-OH is 1. The Morgan fingerprint density at radius 3 is 2.00 bits per heavy atom. The van der Waals surface area contributed by atoms with E-state index in [0.29, 0.717) is 22.7 Å². The molecule has 4 atom stereocenters. The van der Waals surface area contributed by atoms with Gasteiger partial charge in [-0.1, -0.05) is 44.2 Å². The maximum absolute atomic E-state index is 13.3. The molecule has 0 bridgehead atoms. The van der Waals surface area contributed by atoms with Gasteiger partial charge in [0.25, 0.3) is 11.8 Å². The fourth-order valence-electron chi connectivity index (χ4n) is 4.01. The van der Waals surface area contributed by atoms with Crippen LogP contribution in [0, 0.1) is 5.92 Å². The Morgan fingerprint density at radius 2 is 1.45 bits per heavy atom. The second-order valence-corrected chi connectivity index (χ2v) is 11.0. The number of benzene rings is 1. The number of nitrogens with zero attached hydrogens (tertiary/aromatic N) is 1. The number of aliphatic carboxylic acids is 2. The molecular weight excluding hydrogens is 650 g/mol. The Labute approximate surface area is 282 Å². The molecule has 0 aliphatic heterocycles. The molecule has 1 aromatic rings. The lowest BCUT2D eigenvalue weighted by molar-refractivity contribution is -0.149. The third-order valence-corrected chi connectivity index (χ3v) is 6.32. The number of amides is 5. The first-order valence-corrected chi connectivity index (χ1v) is 15.2. The third kappa shape index (κ3) is 16.7. The minimum absolute atomic E-state index is 0.00713. The Balaban J connectivity index is 3.13. The number of carbonyl (C=O) groups excluding carboxylic acids is 6. The molecule has 0 saturated heterocycles. The lowest BCUT2D eigenvalue weighted by atomic mass is 10.0. The topological polar surface area (TPSA) is 267 Å². The summed E-state index contributed by atoms with van der Waals surface area (Å²) in [5.74, 6) is -8.38. The van der Waals surface area contributed by atoms with E-state index in [2.05, 4.69) is 20.7 Å². The summed E-state index contributed by atoms with van der Waals surface area (Å²) in [6, 6.07) is 4.05. The van der Waals surface area contributed by atoms with Crippen molar-refractivity contribution in [3.05, 3.63) is 48.0 Å². The zero-order chi connectivity index (χ0) is 37.1. The van der Waals surface area contributed by atoms with Crippen molar-refractivity contribution in [2.45, 2.75) is 77.8 Å². The number of hydrazine groups is 1. The van der Waals surface area contributed by atoms with Crippen LogP contribution >= 0.6 is 0 Å². The van der Waals surface area contributed by atoms with Gasteiger partial charge in [0.1, 0.15) is 31.3 Å². The maximum atomic E-state index is 13.3. The quantitative estimate of drug-likeness (QED) is 0.0553. The van der Waals surface area contributed by atoms with E-state index in [1.54, 1.807) is 44.2 Å². The number of rotatable bonds is 19. The first kappa shape index (κ1) is 41.5. The van der Waals surface area contributed by atoms with Crippen LogP contribution in [0.15, 0.2) is 42.5 Å². The second-order valence-electron chi connectivity index (χ2n) is 11.0. The molecule has 0 aromatic heterocycles. The smallest absolute Gasteiger partial charge is 0.408 e. The number of carboxylic acids is 2. The van der Waals surface area contributed by atoms with E-state index < -0.39 is 91.2 Å². The number of alkyl carbamates (subject to hydrolysis) is 1. The van der Waals surface area contributed by atoms with Crippen molar-refractivity contribution in [2.24, 2.45) is 5.92 Å². The van der Waals surface area contributed by atoms with E-state index in [9.17, 15) is 53.7 Å². The zero-order valence-corrected chi connectivity index (χ0v) is 27.5. The molecule has 1 aromatic carbocycles. The van der Waals surface area contributed by atoms with Crippen LogP contribution in [0.1, 0.15) is 52.5 Å². The molecule has 0 radical (unpaired) electrons. The number of esters is 1. The number of carboxylic acid groups (broad SMARTS) is 2. The minimum Gasteiger partial charge on any atom is -0.481 e. The molecule has 270 valence electrons. The van der Waals surface area contributed by atoms with Gasteiger partial charge < -0.3 is 40.7 Å². The van der Waals surface area contributed by atoms with Crippen molar-refractivity contribution in [1.29, 1.82) is 0 Å². The molecule has 18 nitrogen and oxygen atoms in total. The van der Waals surface area contributed by atoms with E-state index in [1.165, 1.54) is 6.92 Å². The zero-order valence-electron chi connectivity index (χ0n) is 27.5. The molecule has 49 heavy (non-hydrogen) atoms. The number of hydrogen-bond donors (Lipinski definition) is 7. The van der Waals surface area contributed by atoms with Crippen LogP contribution in [0.25, 0.3) is 0 Å². The molecule has 5 amide bonds. The first-order chi connectivity index (χ1) is 23.0. The van der Waals surface area contributed by atoms with E-state index in [-0.39, 0.29) is 25.6 Å². The van der Waals surface area contributed by atoms with Crippen LogP contribution in [0.5, 0.6) is 0 Å². The Morgan fingerprint density at radius 1 is 0.816 bits per heavy atom. The van der Waals surface area contributed by atoms with Gasteiger partial charge in [0.05, 0.1) is 12.7 Å². The predicted octanol–water partition coefficient (Wildman–Crippen LogP) is -0.394. The molecule has 0 saturated carbocycles. The van der Waals surface area contributed by atoms with Gasteiger partial charge in [0.2, 0.25) is 11.8 Å². The molecule has 7 N–H and O–H groups in total. The summed E-state index contributed by atoms with van der Waals surface area (Å²) in [5.41, 5.74) is 2.64. The Kier molecular flexibility index (Phi) is 18.1. The van der Waals surface area contributed by atoms with Gasteiger partial charge in [0, 0.05) is 18.6 Å². The van der Waals surface area contributed by atoms with Gasteiger partial charge in [0.15, 0.2) is 0 Å². The summed E-state index contributed by atoms with van der Waals surface area (Å²) in [6.45, 7) is 4.94. The van der Waals surface area contributed by atoms with Gasteiger partial charge in [-0.3, -0.25) is 34.2 Å². The summed E-state index contributed by atoms with van der Waals surface area (Å²) in [5, 5.41) is 36.0. The number of nitrogens with one attached hydrogen (secondary N) is 4. The largest absolute Gasteiger partial charge is 0.481 e. The van der Waals surface area contributed by atoms with Gasteiger partial charge in [-0.15, -0.1) is 0 Å². The van der Waals surface area contributed by atoms with Crippen molar-refractivity contribution in [1.82, 2.24) is 26.4 Å². The summed E-state index contributed by atoms with van der Waals surface area (Å²) in [4.78, 5) is 98.9. The maximum Gasteiger partial charge on any atom is 0.408 e. The molecule has 0 aliphatic carbocycles. The number of aliphatic hydroxyl groups is 1. The third-order valence-electron chi connectivity index (χ3n) is 6.32. The Bertz CT molecular complexity index is 1350. The highest BCUT2D eigenvalue weighted by Crippen LogP contribution is 2.09. The van der Waals surface area contributed by atoms with Gasteiger partial charge in [-0.2, -0.15) is 0 Å². The first-order valence-electron chi connectivity index (χ1n) is 15.2. The van der Waals surface area contributed by atoms with Crippen molar-refractivity contribution >= 4 is 47.6 Å². The average Bonchev–Trinajstić information content (AvgIpc) is 3.02. The normalized spacial score (nSPS) is 13.3. The van der Waals surface area contributed by atoms with Crippen LogP contribution < -0.4 is 21.4 Å². The summed E-state index contributed by atoms with van der Waals surface area (Å²) >= 11 is 0.